The van der Waals surface area contributed by atoms with Crippen molar-refractivity contribution < 1.29 is 33.7 Å². The van der Waals surface area contributed by atoms with Crippen LogP contribution in [0.4, 0.5) is 5.69 Å². The van der Waals surface area contributed by atoms with Crippen LogP contribution in [0.1, 0.15) is 11.3 Å². The van der Waals surface area contributed by atoms with Crippen molar-refractivity contribution in [3.8, 4) is 11.8 Å². The molecule has 1 atom stereocenters. The molecule has 1 aliphatic rings. The summed E-state index contributed by atoms with van der Waals surface area (Å²) in [5, 5.41) is 14.7. The summed E-state index contributed by atoms with van der Waals surface area (Å²) in [6.07, 6.45) is 0.975. The van der Waals surface area contributed by atoms with E-state index in [1.807, 2.05) is 34.9 Å². The Bertz CT molecular complexity index is 1790. The van der Waals surface area contributed by atoms with Crippen LogP contribution >= 0.6 is 23.2 Å². The number of carbonyl (C=O) groups excluding carboxylic acids is 3. The highest BCUT2D eigenvalue weighted by Crippen LogP contribution is 2.36. The van der Waals surface area contributed by atoms with Gasteiger partial charge in [0.05, 0.1) is 61.9 Å². The number of morpholine rings is 1. The van der Waals surface area contributed by atoms with Crippen molar-refractivity contribution in [2.75, 3.05) is 65.0 Å². The van der Waals surface area contributed by atoms with Crippen LogP contribution in [0.3, 0.4) is 0 Å². The molecule has 0 saturated carbocycles. The first-order valence-electron chi connectivity index (χ1n) is 15.5. The number of nitrogens with one attached hydrogen (secondary N) is 2. The van der Waals surface area contributed by atoms with E-state index >= 15 is 0 Å². The van der Waals surface area contributed by atoms with Crippen LogP contribution in [-0.2, 0) is 32.3 Å². The number of hydrogen-bond donors (Lipinski definition) is 3. The standard InChI is InChI=1S/C33H37Cl2N7O7/c1-40(29(45)16-38-28(44)19-41-13-15-48-27(18-41)32(46)37-12-14-43)24-10-9-23(34)22(30(24)35)20-49-26-8-5-7-25-31(26)39-33(47-2)42(25)17-21-6-3-4-11-36-21/h3-11,27,43H,12-20H2,1-2H3,(H,37,46)(H,38,44). The number of aliphatic hydroxyl groups excluding tert-OH is 1. The summed E-state index contributed by atoms with van der Waals surface area (Å²) in [6, 6.07) is 14.9. The Morgan fingerprint density at radius 1 is 1.12 bits per heavy atom. The number of nitrogens with zero attached hydrogens (tertiary/aromatic N) is 5. The number of methoxy groups -OCH3 is 1. The van der Waals surface area contributed by atoms with E-state index in [2.05, 4.69) is 20.6 Å². The SMILES string of the molecule is COc1nc2c(OCc3c(Cl)ccc(N(C)C(=O)CNC(=O)CN4CCOC(C(=O)NCCO)C4)c3Cl)cccc2n1Cc1ccccn1. The molecule has 1 aliphatic heterocycles. The summed E-state index contributed by atoms with van der Waals surface area (Å²) in [4.78, 5) is 50.1. The number of aliphatic hydroxyl groups is 1. The highest BCUT2D eigenvalue weighted by Gasteiger charge is 2.28. The van der Waals surface area contributed by atoms with E-state index in [4.69, 9.17) is 42.5 Å². The molecule has 5 rings (SSSR count). The fourth-order valence-corrected chi connectivity index (χ4v) is 5.90. The molecule has 49 heavy (non-hydrogen) atoms. The highest BCUT2D eigenvalue weighted by atomic mass is 35.5. The summed E-state index contributed by atoms with van der Waals surface area (Å²) in [6.45, 7) is 0.990. The fraction of sp³-hybridized carbons (Fsp3) is 0.364. The van der Waals surface area contributed by atoms with Gasteiger partial charge in [0.25, 0.3) is 11.9 Å². The predicted octanol–water partition coefficient (Wildman–Crippen LogP) is 2.26. The van der Waals surface area contributed by atoms with Gasteiger partial charge in [-0.3, -0.25) is 28.8 Å². The molecule has 14 nitrogen and oxygen atoms in total. The number of amides is 3. The third-order valence-corrected chi connectivity index (χ3v) is 8.64. The molecule has 3 amide bonds. The number of para-hydroxylation sites is 1. The summed E-state index contributed by atoms with van der Waals surface area (Å²) >= 11 is 13.3. The highest BCUT2D eigenvalue weighted by molar-refractivity contribution is 6.38. The fourth-order valence-electron chi connectivity index (χ4n) is 5.29. The zero-order chi connectivity index (χ0) is 34.9. The summed E-state index contributed by atoms with van der Waals surface area (Å²) in [5.41, 5.74) is 3.06. The molecular formula is C33H37Cl2N7O7. The monoisotopic (exact) mass is 713 g/mol. The minimum absolute atomic E-state index is 0.0165. The van der Waals surface area contributed by atoms with Gasteiger partial charge in [0, 0.05) is 43.5 Å². The molecule has 0 spiro atoms. The van der Waals surface area contributed by atoms with Crippen LogP contribution in [0, 0.1) is 0 Å². The smallest absolute Gasteiger partial charge is 0.297 e. The molecule has 1 unspecified atom stereocenters. The zero-order valence-corrected chi connectivity index (χ0v) is 28.5. The van der Waals surface area contributed by atoms with Gasteiger partial charge >= 0.3 is 0 Å². The molecule has 2 aromatic heterocycles. The second-order valence-corrected chi connectivity index (χ2v) is 11.9. The zero-order valence-electron chi connectivity index (χ0n) is 27.0. The number of likely N-dealkylation sites (N-methyl/N-ethyl adjacent to an activating group) is 1. The number of anilines is 1. The Kier molecular flexibility index (Phi) is 12.3. The average molecular weight is 715 g/mol. The van der Waals surface area contributed by atoms with Crippen molar-refractivity contribution in [1.82, 2.24) is 30.1 Å². The number of fused-ring (bicyclic) bond motifs is 1. The molecule has 3 heterocycles. The van der Waals surface area contributed by atoms with Crippen molar-refractivity contribution in [2.45, 2.75) is 19.3 Å². The lowest BCUT2D eigenvalue weighted by atomic mass is 10.2. The molecule has 16 heteroatoms. The van der Waals surface area contributed by atoms with Gasteiger partial charge in [0.1, 0.15) is 24.0 Å². The van der Waals surface area contributed by atoms with E-state index in [0.717, 1.165) is 11.2 Å². The van der Waals surface area contributed by atoms with E-state index in [9.17, 15) is 14.4 Å². The van der Waals surface area contributed by atoms with Crippen molar-refractivity contribution in [3.63, 3.8) is 0 Å². The Labute approximate surface area is 292 Å². The number of pyridine rings is 1. The number of halogens is 2. The normalized spacial score (nSPS) is 14.8. The van der Waals surface area contributed by atoms with Gasteiger partial charge in [-0.25, -0.2) is 0 Å². The molecule has 3 N–H and O–H groups in total. The quantitative estimate of drug-likeness (QED) is 0.177. The van der Waals surface area contributed by atoms with E-state index < -0.39 is 12.0 Å². The Balaban J connectivity index is 1.21. The van der Waals surface area contributed by atoms with Crippen molar-refractivity contribution in [1.29, 1.82) is 0 Å². The number of rotatable bonds is 14. The molecule has 2 aromatic carbocycles. The Hall–Kier alpha value is -4.47. The van der Waals surface area contributed by atoms with Crippen LogP contribution in [0.5, 0.6) is 11.8 Å². The van der Waals surface area contributed by atoms with Crippen LogP contribution in [0.15, 0.2) is 54.7 Å². The first-order chi connectivity index (χ1) is 23.7. The minimum atomic E-state index is -0.753. The average Bonchev–Trinajstić information content (AvgIpc) is 3.47. The van der Waals surface area contributed by atoms with Crippen LogP contribution in [0.2, 0.25) is 10.0 Å². The third kappa shape index (κ3) is 8.77. The van der Waals surface area contributed by atoms with Crippen LogP contribution in [0.25, 0.3) is 11.0 Å². The molecular weight excluding hydrogens is 677 g/mol. The third-order valence-electron chi connectivity index (χ3n) is 7.87. The molecule has 260 valence electrons. The number of benzene rings is 2. The van der Waals surface area contributed by atoms with Crippen LogP contribution < -0.4 is 25.0 Å². The molecule has 4 aromatic rings. The molecule has 0 aliphatic carbocycles. The largest absolute Gasteiger partial charge is 0.486 e. The van der Waals surface area contributed by atoms with E-state index in [-0.39, 0.29) is 62.8 Å². The molecule has 1 fully saturated rings. The summed E-state index contributed by atoms with van der Waals surface area (Å²) < 4.78 is 19.1. The van der Waals surface area contributed by atoms with Gasteiger partial charge in [-0.2, -0.15) is 4.98 Å². The van der Waals surface area contributed by atoms with E-state index in [0.29, 0.717) is 46.6 Å². The van der Waals surface area contributed by atoms with Crippen molar-refractivity contribution >= 4 is 57.6 Å². The lowest BCUT2D eigenvalue weighted by Gasteiger charge is -2.31. The lowest BCUT2D eigenvalue weighted by Crippen LogP contribution is -2.52. The Morgan fingerprint density at radius 3 is 2.71 bits per heavy atom. The number of imidazole rings is 1. The van der Waals surface area contributed by atoms with E-state index in [1.165, 1.54) is 4.90 Å². The van der Waals surface area contributed by atoms with Gasteiger partial charge < -0.3 is 34.9 Å². The van der Waals surface area contributed by atoms with E-state index in [1.54, 1.807) is 43.5 Å². The number of hydrogen-bond acceptors (Lipinski definition) is 10. The van der Waals surface area contributed by atoms with Gasteiger partial charge in [-0.1, -0.05) is 35.3 Å². The summed E-state index contributed by atoms with van der Waals surface area (Å²) in [7, 11) is 3.10. The second kappa shape index (κ2) is 16.8. The first-order valence-corrected chi connectivity index (χ1v) is 16.2. The number of ether oxygens (including phenoxy) is 3. The van der Waals surface area contributed by atoms with Crippen LogP contribution in [-0.4, -0.2) is 108 Å². The molecule has 0 radical (unpaired) electrons. The van der Waals surface area contributed by atoms with Gasteiger partial charge in [-0.15, -0.1) is 0 Å². The molecule has 0 bridgehead atoms. The van der Waals surface area contributed by atoms with Gasteiger partial charge in [0.15, 0.2) is 0 Å². The lowest BCUT2D eigenvalue weighted by molar-refractivity contribution is -0.140. The number of aromatic nitrogens is 3. The second-order valence-electron chi connectivity index (χ2n) is 11.1. The minimum Gasteiger partial charge on any atom is -0.486 e. The maximum atomic E-state index is 13.1. The maximum absolute atomic E-state index is 13.1. The first kappa shape index (κ1) is 35.8. The topological polar surface area (TPSA) is 160 Å². The van der Waals surface area contributed by atoms with Crippen molar-refractivity contribution in [2.24, 2.45) is 0 Å². The van der Waals surface area contributed by atoms with Crippen molar-refractivity contribution in [3.05, 3.63) is 76.0 Å². The molecule has 1 saturated heterocycles. The Morgan fingerprint density at radius 2 is 1.96 bits per heavy atom. The summed E-state index contributed by atoms with van der Waals surface area (Å²) in [5.74, 6) is -0.673. The predicted molar refractivity (Wildman–Crippen MR) is 183 cm³/mol. The van der Waals surface area contributed by atoms with Gasteiger partial charge in [0.2, 0.25) is 11.8 Å². The van der Waals surface area contributed by atoms with Gasteiger partial charge in [-0.05, 0) is 36.4 Å². The number of carbonyl (C=O) groups is 3. The maximum Gasteiger partial charge on any atom is 0.297 e.